The molecule has 3 atom stereocenters. The average Bonchev–Trinajstić information content (AvgIpc) is 2.99. The fraction of sp³-hybridized carbons (Fsp3) is 0.353. The summed E-state index contributed by atoms with van der Waals surface area (Å²) in [5, 5.41) is 3.80. The van der Waals surface area contributed by atoms with Gasteiger partial charge < -0.3 is 10.1 Å². The lowest BCUT2D eigenvalue weighted by molar-refractivity contribution is 0.144. The largest absolute Gasteiger partial charge is 0.474 e. The number of rotatable bonds is 4. The van der Waals surface area contributed by atoms with Crippen molar-refractivity contribution >= 4 is 11.6 Å². The Morgan fingerprint density at radius 3 is 2.78 bits per heavy atom. The van der Waals surface area contributed by atoms with Gasteiger partial charge in [-0.25, -0.2) is 13.8 Å². The van der Waals surface area contributed by atoms with Crippen LogP contribution in [0.5, 0.6) is 5.88 Å². The minimum absolute atomic E-state index is 0.0624. The second kappa shape index (κ2) is 6.81. The standard InChI is InChI=1S/C17H17ClF2N2O/c1-10(23-17-5-2-11(18)7-22-17)14-8-21-9-15(14)13-4-3-12(19)6-16(13)20/h2-7,10,14-15,21H,8-9H2,1H3/t10-,14?,15+/m0/s1. The molecule has 23 heavy (non-hydrogen) atoms. The monoisotopic (exact) mass is 338 g/mol. The van der Waals surface area contributed by atoms with Crippen LogP contribution in [0, 0.1) is 17.6 Å². The molecule has 0 aliphatic carbocycles. The average molecular weight is 339 g/mol. The number of halogens is 3. The highest BCUT2D eigenvalue weighted by atomic mass is 35.5. The molecule has 0 saturated carbocycles. The van der Waals surface area contributed by atoms with Gasteiger partial charge in [-0.3, -0.25) is 0 Å². The van der Waals surface area contributed by atoms with E-state index in [9.17, 15) is 8.78 Å². The second-order valence-corrected chi connectivity index (χ2v) is 6.17. The van der Waals surface area contributed by atoms with Gasteiger partial charge in [-0.15, -0.1) is 0 Å². The van der Waals surface area contributed by atoms with Crippen molar-refractivity contribution in [2.75, 3.05) is 13.1 Å². The number of aromatic nitrogens is 1. The van der Waals surface area contributed by atoms with Crippen LogP contribution in [0.3, 0.4) is 0 Å². The zero-order valence-electron chi connectivity index (χ0n) is 12.6. The Morgan fingerprint density at radius 2 is 2.09 bits per heavy atom. The highest BCUT2D eigenvalue weighted by molar-refractivity contribution is 6.30. The first-order valence-corrected chi connectivity index (χ1v) is 7.86. The lowest BCUT2D eigenvalue weighted by Gasteiger charge is -2.26. The predicted octanol–water partition coefficient (Wildman–Crippen LogP) is 3.78. The molecule has 1 saturated heterocycles. The molecule has 2 aromatic rings. The molecule has 122 valence electrons. The Hall–Kier alpha value is -1.72. The molecule has 6 heteroatoms. The van der Waals surface area contributed by atoms with Gasteiger partial charge in [0, 0.05) is 43.3 Å². The van der Waals surface area contributed by atoms with Gasteiger partial charge in [0.15, 0.2) is 0 Å². The maximum atomic E-state index is 14.1. The first-order valence-electron chi connectivity index (χ1n) is 7.48. The van der Waals surface area contributed by atoms with Crippen LogP contribution in [-0.2, 0) is 0 Å². The summed E-state index contributed by atoms with van der Waals surface area (Å²) in [7, 11) is 0. The highest BCUT2D eigenvalue weighted by Gasteiger charge is 2.35. The minimum Gasteiger partial charge on any atom is -0.474 e. The fourth-order valence-corrected chi connectivity index (χ4v) is 3.16. The second-order valence-electron chi connectivity index (χ2n) is 5.73. The van der Waals surface area contributed by atoms with Gasteiger partial charge in [0.25, 0.3) is 0 Å². The predicted molar refractivity (Wildman–Crippen MR) is 84.8 cm³/mol. The van der Waals surface area contributed by atoms with E-state index in [1.807, 2.05) is 6.92 Å². The van der Waals surface area contributed by atoms with Gasteiger partial charge >= 0.3 is 0 Å². The summed E-state index contributed by atoms with van der Waals surface area (Å²) in [6.45, 7) is 3.27. The van der Waals surface area contributed by atoms with E-state index < -0.39 is 11.6 Å². The van der Waals surface area contributed by atoms with Crippen LogP contribution in [0.15, 0.2) is 36.5 Å². The Labute approximate surface area is 138 Å². The summed E-state index contributed by atoms with van der Waals surface area (Å²) < 4.78 is 33.0. The number of hydrogen-bond donors (Lipinski definition) is 1. The van der Waals surface area contributed by atoms with Crippen LogP contribution in [0.2, 0.25) is 5.02 Å². The zero-order valence-corrected chi connectivity index (χ0v) is 13.4. The third-order valence-electron chi connectivity index (χ3n) is 4.23. The van der Waals surface area contributed by atoms with Gasteiger partial charge in [0.2, 0.25) is 5.88 Å². The Bertz CT molecular complexity index is 681. The van der Waals surface area contributed by atoms with Crippen LogP contribution in [-0.4, -0.2) is 24.2 Å². The molecule has 1 aliphatic heterocycles. The molecule has 3 nitrogen and oxygen atoms in total. The van der Waals surface area contributed by atoms with Gasteiger partial charge in [-0.1, -0.05) is 17.7 Å². The molecule has 1 unspecified atom stereocenters. The van der Waals surface area contributed by atoms with Gasteiger partial charge in [-0.2, -0.15) is 0 Å². The third kappa shape index (κ3) is 3.62. The Kier molecular flexibility index (Phi) is 4.78. The molecular weight excluding hydrogens is 322 g/mol. The minimum atomic E-state index is -0.566. The molecule has 0 spiro atoms. The van der Waals surface area contributed by atoms with Crippen molar-refractivity contribution in [2.24, 2.45) is 5.92 Å². The van der Waals surface area contributed by atoms with Crippen LogP contribution in [0.4, 0.5) is 8.78 Å². The summed E-state index contributed by atoms with van der Waals surface area (Å²) in [4.78, 5) is 4.12. The molecular formula is C17H17ClF2N2O. The van der Waals surface area contributed by atoms with Crippen molar-refractivity contribution < 1.29 is 13.5 Å². The van der Waals surface area contributed by atoms with Crippen molar-refractivity contribution in [3.8, 4) is 5.88 Å². The molecule has 3 rings (SSSR count). The van der Waals surface area contributed by atoms with Crippen molar-refractivity contribution in [3.63, 3.8) is 0 Å². The van der Waals surface area contributed by atoms with Gasteiger partial charge in [0.1, 0.15) is 17.7 Å². The summed E-state index contributed by atoms with van der Waals surface area (Å²) in [6, 6.07) is 7.15. The number of ether oxygens (including phenoxy) is 1. The van der Waals surface area contributed by atoms with Crippen LogP contribution >= 0.6 is 11.6 Å². The summed E-state index contributed by atoms with van der Waals surface area (Å²) in [6.07, 6.45) is 1.35. The summed E-state index contributed by atoms with van der Waals surface area (Å²) in [5.41, 5.74) is 0.515. The molecule has 1 aromatic carbocycles. The van der Waals surface area contributed by atoms with E-state index in [-0.39, 0.29) is 17.9 Å². The summed E-state index contributed by atoms with van der Waals surface area (Å²) >= 11 is 5.81. The topological polar surface area (TPSA) is 34.1 Å². The van der Waals surface area contributed by atoms with E-state index in [0.717, 1.165) is 6.07 Å². The number of nitrogens with zero attached hydrogens (tertiary/aromatic N) is 1. The SMILES string of the molecule is C[C@H](Oc1ccc(Cl)cn1)C1CNC[C@@H]1c1ccc(F)cc1F. The van der Waals surface area contributed by atoms with Gasteiger partial charge in [0.05, 0.1) is 5.02 Å². The molecule has 1 N–H and O–H groups in total. The molecule has 0 amide bonds. The summed E-state index contributed by atoms with van der Waals surface area (Å²) in [5.74, 6) is -0.610. The lowest BCUT2D eigenvalue weighted by atomic mass is 9.85. The van der Waals surface area contributed by atoms with E-state index in [2.05, 4.69) is 10.3 Å². The molecule has 0 bridgehead atoms. The van der Waals surface area contributed by atoms with Crippen LogP contribution in [0.1, 0.15) is 18.4 Å². The maximum absolute atomic E-state index is 14.1. The number of pyridine rings is 1. The normalized spacial score (nSPS) is 22.1. The van der Waals surface area contributed by atoms with E-state index >= 15 is 0 Å². The van der Waals surface area contributed by atoms with E-state index in [0.29, 0.717) is 29.6 Å². The zero-order chi connectivity index (χ0) is 16.4. The number of hydrogen-bond acceptors (Lipinski definition) is 3. The van der Waals surface area contributed by atoms with E-state index in [4.69, 9.17) is 16.3 Å². The van der Waals surface area contributed by atoms with E-state index in [1.165, 1.54) is 18.3 Å². The molecule has 1 aliphatic rings. The first-order chi connectivity index (χ1) is 11.0. The third-order valence-corrected chi connectivity index (χ3v) is 4.46. The van der Waals surface area contributed by atoms with Gasteiger partial charge in [-0.05, 0) is 24.6 Å². The van der Waals surface area contributed by atoms with Crippen molar-refractivity contribution in [1.29, 1.82) is 0 Å². The quantitative estimate of drug-likeness (QED) is 0.921. The fourth-order valence-electron chi connectivity index (χ4n) is 3.04. The number of benzene rings is 1. The Balaban J connectivity index is 1.76. The van der Waals surface area contributed by atoms with E-state index in [1.54, 1.807) is 12.1 Å². The maximum Gasteiger partial charge on any atom is 0.213 e. The van der Waals surface area contributed by atoms with Crippen LogP contribution in [0.25, 0.3) is 0 Å². The van der Waals surface area contributed by atoms with Crippen molar-refractivity contribution in [1.82, 2.24) is 10.3 Å². The highest BCUT2D eigenvalue weighted by Crippen LogP contribution is 2.33. The molecule has 1 aromatic heterocycles. The molecule has 0 radical (unpaired) electrons. The Morgan fingerprint density at radius 1 is 1.26 bits per heavy atom. The first kappa shape index (κ1) is 16.1. The van der Waals surface area contributed by atoms with Crippen molar-refractivity contribution in [2.45, 2.75) is 18.9 Å². The molecule has 2 heterocycles. The molecule has 1 fully saturated rings. The smallest absolute Gasteiger partial charge is 0.213 e. The van der Waals surface area contributed by atoms with Crippen molar-refractivity contribution in [3.05, 3.63) is 58.7 Å². The number of nitrogens with one attached hydrogen (secondary N) is 1. The lowest BCUT2D eigenvalue weighted by Crippen LogP contribution is -2.29. The van der Waals surface area contributed by atoms with Crippen LogP contribution < -0.4 is 10.1 Å².